The molecule has 128 valence electrons. The second-order valence-corrected chi connectivity index (χ2v) is 7.03. The molecular formula is C17H28N4O2. The first-order valence-electron chi connectivity index (χ1n) is 8.76. The lowest BCUT2D eigenvalue weighted by atomic mass is 9.79. The maximum atomic E-state index is 12.2. The molecule has 2 fully saturated rings. The molecule has 0 spiro atoms. The smallest absolute Gasteiger partial charge is 0.244 e. The number of rotatable bonds is 4. The van der Waals surface area contributed by atoms with Crippen LogP contribution < -0.4 is 5.32 Å². The zero-order valence-electron chi connectivity index (χ0n) is 14.2. The Morgan fingerprint density at radius 1 is 1.30 bits per heavy atom. The summed E-state index contributed by atoms with van der Waals surface area (Å²) in [4.78, 5) is 14.1. The van der Waals surface area contributed by atoms with E-state index in [0.717, 1.165) is 17.5 Å². The highest BCUT2D eigenvalue weighted by molar-refractivity contribution is 5.76. The zero-order valence-corrected chi connectivity index (χ0v) is 14.2. The first-order valence-corrected chi connectivity index (χ1v) is 8.76. The third-order valence-corrected chi connectivity index (χ3v) is 5.26. The summed E-state index contributed by atoms with van der Waals surface area (Å²) in [5.74, 6) is 1.70. The van der Waals surface area contributed by atoms with Crippen LogP contribution in [0.25, 0.3) is 0 Å². The number of nitrogens with one attached hydrogen (secondary N) is 1. The molecule has 1 amide bonds. The van der Waals surface area contributed by atoms with E-state index in [1.807, 2.05) is 17.3 Å². The van der Waals surface area contributed by atoms with Gasteiger partial charge in [0.25, 0.3) is 0 Å². The van der Waals surface area contributed by atoms with Gasteiger partial charge in [0, 0.05) is 25.3 Å². The SMILES string of the molecule is CC1CCC(Nc2cnn(CC(=O)N3CCOCC3)c2)CC1C. The summed E-state index contributed by atoms with van der Waals surface area (Å²) in [6, 6.07) is 0.522. The Kier molecular flexibility index (Phi) is 5.20. The van der Waals surface area contributed by atoms with E-state index in [2.05, 4.69) is 24.3 Å². The summed E-state index contributed by atoms with van der Waals surface area (Å²) in [7, 11) is 0. The fraction of sp³-hybridized carbons (Fsp3) is 0.765. The van der Waals surface area contributed by atoms with Gasteiger partial charge in [-0.1, -0.05) is 13.8 Å². The number of ether oxygens (including phenoxy) is 1. The molecule has 1 aromatic rings. The Hall–Kier alpha value is -1.56. The van der Waals surface area contributed by atoms with E-state index in [4.69, 9.17) is 4.74 Å². The van der Waals surface area contributed by atoms with Gasteiger partial charge in [0.15, 0.2) is 0 Å². The average Bonchev–Trinajstić information content (AvgIpc) is 2.99. The second-order valence-electron chi connectivity index (χ2n) is 7.03. The number of carbonyl (C=O) groups is 1. The molecule has 3 unspecified atom stereocenters. The molecule has 1 N–H and O–H groups in total. The fourth-order valence-corrected chi connectivity index (χ4v) is 3.49. The summed E-state index contributed by atoms with van der Waals surface area (Å²) in [5.41, 5.74) is 1.02. The Bertz CT molecular complexity index is 524. The minimum Gasteiger partial charge on any atom is -0.380 e. The van der Waals surface area contributed by atoms with Gasteiger partial charge in [0.05, 0.1) is 25.1 Å². The van der Waals surface area contributed by atoms with Crippen molar-refractivity contribution in [3.05, 3.63) is 12.4 Å². The van der Waals surface area contributed by atoms with Gasteiger partial charge in [-0.05, 0) is 31.1 Å². The summed E-state index contributed by atoms with van der Waals surface area (Å²) in [6.45, 7) is 7.62. The van der Waals surface area contributed by atoms with Crippen LogP contribution in [0, 0.1) is 11.8 Å². The molecule has 1 saturated carbocycles. The van der Waals surface area contributed by atoms with Gasteiger partial charge < -0.3 is 15.0 Å². The van der Waals surface area contributed by atoms with Crippen LogP contribution in [0.3, 0.4) is 0 Å². The van der Waals surface area contributed by atoms with E-state index in [0.29, 0.717) is 38.9 Å². The normalized spacial score (nSPS) is 28.6. The van der Waals surface area contributed by atoms with Crippen molar-refractivity contribution in [1.82, 2.24) is 14.7 Å². The van der Waals surface area contributed by atoms with Crippen molar-refractivity contribution in [2.75, 3.05) is 31.6 Å². The van der Waals surface area contributed by atoms with Gasteiger partial charge >= 0.3 is 0 Å². The standard InChI is InChI=1S/C17H28N4O2/c1-13-3-4-15(9-14(13)2)19-16-10-18-21(11-16)12-17(22)20-5-7-23-8-6-20/h10-11,13-15,19H,3-9,12H2,1-2H3. The second kappa shape index (κ2) is 7.34. The largest absolute Gasteiger partial charge is 0.380 e. The molecule has 1 saturated heterocycles. The van der Waals surface area contributed by atoms with Gasteiger partial charge in [-0.25, -0.2) is 0 Å². The third-order valence-electron chi connectivity index (χ3n) is 5.26. The first-order chi connectivity index (χ1) is 11.1. The number of aromatic nitrogens is 2. The summed E-state index contributed by atoms with van der Waals surface area (Å²) in [6.07, 6.45) is 7.47. The molecule has 23 heavy (non-hydrogen) atoms. The number of nitrogens with zero attached hydrogens (tertiary/aromatic N) is 3. The Morgan fingerprint density at radius 3 is 2.83 bits per heavy atom. The van der Waals surface area contributed by atoms with Crippen LogP contribution in [0.15, 0.2) is 12.4 Å². The summed E-state index contributed by atoms with van der Waals surface area (Å²) >= 11 is 0. The maximum Gasteiger partial charge on any atom is 0.244 e. The average molecular weight is 320 g/mol. The van der Waals surface area contributed by atoms with E-state index in [1.165, 1.54) is 19.3 Å². The minimum absolute atomic E-state index is 0.114. The minimum atomic E-state index is 0.114. The van der Waals surface area contributed by atoms with Crippen LogP contribution in [0.5, 0.6) is 0 Å². The molecule has 2 aliphatic rings. The topological polar surface area (TPSA) is 59.4 Å². The highest BCUT2D eigenvalue weighted by atomic mass is 16.5. The zero-order chi connectivity index (χ0) is 16.2. The third kappa shape index (κ3) is 4.25. The van der Waals surface area contributed by atoms with Crippen molar-refractivity contribution >= 4 is 11.6 Å². The Morgan fingerprint density at radius 2 is 2.09 bits per heavy atom. The number of hydrogen-bond acceptors (Lipinski definition) is 4. The molecule has 3 rings (SSSR count). The van der Waals surface area contributed by atoms with E-state index in [9.17, 15) is 4.79 Å². The Labute approximate surface area is 138 Å². The molecule has 0 radical (unpaired) electrons. The summed E-state index contributed by atoms with van der Waals surface area (Å²) in [5, 5.41) is 7.90. The molecule has 2 heterocycles. The van der Waals surface area contributed by atoms with Gasteiger partial charge in [-0.15, -0.1) is 0 Å². The first kappa shape index (κ1) is 16.3. The number of hydrogen-bond donors (Lipinski definition) is 1. The molecule has 6 nitrogen and oxygen atoms in total. The highest BCUT2D eigenvalue weighted by Gasteiger charge is 2.24. The van der Waals surface area contributed by atoms with Gasteiger partial charge in [-0.3, -0.25) is 9.48 Å². The Balaban J connectivity index is 1.50. The van der Waals surface area contributed by atoms with E-state index in [1.54, 1.807) is 4.68 Å². The predicted octanol–water partition coefficient (Wildman–Crippen LogP) is 1.98. The molecular weight excluding hydrogens is 292 g/mol. The quantitative estimate of drug-likeness (QED) is 0.921. The van der Waals surface area contributed by atoms with E-state index in [-0.39, 0.29) is 5.91 Å². The van der Waals surface area contributed by atoms with E-state index >= 15 is 0 Å². The molecule has 1 aliphatic carbocycles. The molecule has 1 aliphatic heterocycles. The number of amides is 1. The molecule has 6 heteroatoms. The molecule has 0 bridgehead atoms. The number of anilines is 1. The van der Waals surface area contributed by atoms with Crippen LogP contribution in [-0.2, 0) is 16.1 Å². The predicted molar refractivity (Wildman–Crippen MR) is 89.2 cm³/mol. The van der Waals surface area contributed by atoms with Gasteiger partial charge in [-0.2, -0.15) is 5.10 Å². The lowest BCUT2D eigenvalue weighted by Crippen LogP contribution is -2.42. The van der Waals surface area contributed by atoms with Crippen molar-refractivity contribution in [2.24, 2.45) is 11.8 Å². The van der Waals surface area contributed by atoms with Crippen LogP contribution in [0.1, 0.15) is 33.1 Å². The van der Waals surface area contributed by atoms with Gasteiger partial charge in [0.1, 0.15) is 6.54 Å². The lowest BCUT2D eigenvalue weighted by molar-refractivity contribution is -0.136. The van der Waals surface area contributed by atoms with Crippen LogP contribution >= 0.6 is 0 Å². The van der Waals surface area contributed by atoms with Crippen molar-refractivity contribution in [3.8, 4) is 0 Å². The maximum absolute atomic E-state index is 12.2. The van der Waals surface area contributed by atoms with Crippen LogP contribution in [0.4, 0.5) is 5.69 Å². The van der Waals surface area contributed by atoms with Gasteiger partial charge in [0.2, 0.25) is 5.91 Å². The highest BCUT2D eigenvalue weighted by Crippen LogP contribution is 2.30. The van der Waals surface area contributed by atoms with Crippen LogP contribution in [-0.4, -0.2) is 52.9 Å². The number of carbonyl (C=O) groups excluding carboxylic acids is 1. The van der Waals surface area contributed by atoms with Crippen molar-refractivity contribution in [1.29, 1.82) is 0 Å². The van der Waals surface area contributed by atoms with Crippen molar-refractivity contribution < 1.29 is 9.53 Å². The fourth-order valence-electron chi connectivity index (χ4n) is 3.49. The lowest BCUT2D eigenvalue weighted by Gasteiger charge is -2.32. The molecule has 1 aromatic heterocycles. The monoisotopic (exact) mass is 320 g/mol. The van der Waals surface area contributed by atoms with Crippen molar-refractivity contribution in [2.45, 2.75) is 45.7 Å². The molecule has 3 atom stereocenters. The van der Waals surface area contributed by atoms with Crippen molar-refractivity contribution in [3.63, 3.8) is 0 Å². The van der Waals surface area contributed by atoms with E-state index < -0.39 is 0 Å². The molecule has 0 aromatic carbocycles. The van der Waals surface area contributed by atoms with Crippen LogP contribution in [0.2, 0.25) is 0 Å². The summed E-state index contributed by atoms with van der Waals surface area (Å²) < 4.78 is 7.01. The number of morpholine rings is 1.